The van der Waals surface area contributed by atoms with Crippen molar-refractivity contribution in [3.8, 4) is 17.1 Å². The number of ether oxygens (including phenoxy) is 2. The highest BCUT2D eigenvalue weighted by atomic mass is 16.5. The molecule has 0 N–H and O–H groups in total. The Hall–Kier alpha value is -3.09. The molecule has 1 aliphatic carbocycles. The molecule has 0 spiro atoms. The minimum absolute atomic E-state index is 0.0136. The van der Waals surface area contributed by atoms with E-state index in [2.05, 4.69) is 23.1 Å². The predicted molar refractivity (Wildman–Crippen MR) is 113 cm³/mol. The van der Waals surface area contributed by atoms with E-state index in [1.165, 1.54) is 0 Å². The molecular weight excluding hydrogens is 382 g/mol. The minimum Gasteiger partial charge on any atom is -0.494 e. The summed E-state index contributed by atoms with van der Waals surface area (Å²) in [4.78, 5) is 25.3. The lowest BCUT2D eigenvalue weighted by atomic mass is 9.84. The third-order valence-corrected chi connectivity index (χ3v) is 6.59. The Morgan fingerprint density at radius 2 is 2.13 bits per heavy atom. The van der Waals surface area contributed by atoms with Crippen LogP contribution in [0.3, 0.4) is 0 Å². The van der Waals surface area contributed by atoms with E-state index < -0.39 is 5.97 Å². The molecule has 7 nitrogen and oxygen atoms in total. The van der Waals surface area contributed by atoms with Crippen LogP contribution in [0.5, 0.6) is 5.75 Å². The summed E-state index contributed by atoms with van der Waals surface area (Å²) in [6, 6.07) is 7.61. The van der Waals surface area contributed by atoms with Gasteiger partial charge in [0, 0.05) is 17.6 Å². The van der Waals surface area contributed by atoms with Gasteiger partial charge in [0.05, 0.1) is 37.2 Å². The van der Waals surface area contributed by atoms with Crippen LogP contribution in [0.2, 0.25) is 0 Å². The number of esters is 1. The average molecular weight is 407 g/mol. The number of carbonyl (C=O) groups is 1. The van der Waals surface area contributed by atoms with Crippen molar-refractivity contribution < 1.29 is 14.3 Å². The van der Waals surface area contributed by atoms with Crippen LogP contribution in [0, 0.1) is 5.41 Å². The molecule has 2 aliphatic rings. The summed E-state index contributed by atoms with van der Waals surface area (Å²) in [6.07, 6.45) is 3.69. The number of carbonyl (C=O) groups excluding carboxylic acids is 1. The van der Waals surface area contributed by atoms with Gasteiger partial charge in [-0.1, -0.05) is 26.0 Å². The molecule has 2 aromatic heterocycles. The molecule has 156 valence electrons. The first kappa shape index (κ1) is 18.9. The van der Waals surface area contributed by atoms with E-state index in [1.807, 2.05) is 18.2 Å². The van der Waals surface area contributed by atoms with Crippen molar-refractivity contribution in [1.29, 1.82) is 0 Å². The Morgan fingerprint density at radius 1 is 1.33 bits per heavy atom. The molecule has 2 atom stereocenters. The van der Waals surface area contributed by atoms with Crippen LogP contribution in [0.15, 0.2) is 35.3 Å². The smallest absolute Gasteiger partial charge is 0.343 e. The summed E-state index contributed by atoms with van der Waals surface area (Å²) in [5.74, 6) is 0.135. The molecular formula is C23H25N3O4. The van der Waals surface area contributed by atoms with Crippen molar-refractivity contribution in [2.45, 2.75) is 45.7 Å². The lowest BCUT2D eigenvalue weighted by molar-refractivity contribution is 0.0522. The van der Waals surface area contributed by atoms with E-state index >= 15 is 0 Å². The highest BCUT2D eigenvalue weighted by Crippen LogP contribution is 2.56. The fraction of sp³-hybridized carbons (Fsp3) is 0.435. The zero-order chi connectivity index (χ0) is 21.2. The Labute approximate surface area is 174 Å². The zero-order valence-corrected chi connectivity index (χ0v) is 17.6. The monoisotopic (exact) mass is 407 g/mol. The van der Waals surface area contributed by atoms with Crippen molar-refractivity contribution in [2.75, 3.05) is 13.7 Å². The fourth-order valence-corrected chi connectivity index (χ4v) is 5.25. The van der Waals surface area contributed by atoms with Crippen molar-refractivity contribution in [1.82, 2.24) is 14.3 Å². The van der Waals surface area contributed by atoms with Gasteiger partial charge < -0.3 is 14.0 Å². The van der Waals surface area contributed by atoms with Gasteiger partial charge in [-0.25, -0.2) is 4.79 Å². The third kappa shape index (κ3) is 2.47. The Kier molecular flexibility index (Phi) is 4.07. The quantitative estimate of drug-likeness (QED) is 0.614. The van der Waals surface area contributed by atoms with Gasteiger partial charge in [0.2, 0.25) is 0 Å². The molecule has 0 saturated heterocycles. The minimum atomic E-state index is -0.573. The summed E-state index contributed by atoms with van der Waals surface area (Å²) in [5.41, 5.74) is 2.19. The predicted octanol–water partition coefficient (Wildman–Crippen LogP) is 3.97. The van der Waals surface area contributed by atoms with Crippen molar-refractivity contribution in [3.63, 3.8) is 0 Å². The molecule has 1 saturated carbocycles. The van der Waals surface area contributed by atoms with Gasteiger partial charge in [0.25, 0.3) is 0 Å². The van der Waals surface area contributed by atoms with E-state index in [0.717, 1.165) is 35.1 Å². The summed E-state index contributed by atoms with van der Waals surface area (Å²) in [6.45, 7) is 6.44. The molecule has 0 amide bonds. The molecule has 7 heteroatoms. The molecule has 3 heterocycles. The number of rotatable bonds is 3. The summed E-state index contributed by atoms with van der Waals surface area (Å²) < 4.78 is 14.9. The molecule has 1 fully saturated rings. The topological polar surface area (TPSA) is 75.3 Å². The van der Waals surface area contributed by atoms with E-state index in [9.17, 15) is 9.59 Å². The molecule has 3 aromatic rings. The second kappa shape index (κ2) is 6.45. The van der Waals surface area contributed by atoms with E-state index in [-0.39, 0.29) is 35.1 Å². The lowest BCUT2D eigenvalue weighted by Crippen LogP contribution is -2.35. The van der Waals surface area contributed by atoms with Gasteiger partial charge in [0.15, 0.2) is 5.43 Å². The number of methoxy groups -OCH3 is 1. The molecule has 1 aliphatic heterocycles. The third-order valence-electron chi connectivity index (χ3n) is 6.59. The molecule has 0 bridgehead atoms. The van der Waals surface area contributed by atoms with Crippen LogP contribution in [0.25, 0.3) is 22.3 Å². The highest BCUT2D eigenvalue weighted by Gasteiger charge is 2.48. The van der Waals surface area contributed by atoms with Crippen LogP contribution < -0.4 is 10.2 Å². The Bertz CT molecular complexity index is 1240. The number of nitrogens with zero attached hydrogens (tertiary/aromatic N) is 3. The molecule has 5 rings (SSSR count). The van der Waals surface area contributed by atoms with Crippen LogP contribution in [-0.4, -0.2) is 34.0 Å². The summed E-state index contributed by atoms with van der Waals surface area (Å²) >= 11 is 0. The maximum atomic E-state index is 12.9. The SMILES string of the molecule is CCOC(=O)c1cn2c(cc1=O)-c1c3cccc(OC)c3nn1C1CCC(C)(C)C12. The van der Waals surface area contributed by atoms with Crippen molar-refractivity contribution in [3.05, 3.63) is 46.2 Å². The zero-order valence-electron chi connectivity index (χ0n) is 17.6. The van der Waals surface area contributed by atoms with Gasteiger partial charge in [-0.15, -0.1) is 0 Å². The highest BCUT2D eigenvalue weighted by molar-refractivity contribution is 5.97. The molecule has 1 aromatic carbocycles. The van der Waals surface area contributed by atoms with Crippen LogP contribution >= 0.6 is 0 Å². The number of hydrogen-bond donors (Lipinski definition) is 0. The number of fused-ring (bicyclic) bond motifs is 8. The van der Waals surface area contributed by atoms with Crippen LogP contribution in [0.4, 0.5) is 0 Å². The molecule has 2 unspecified atom stereocenters. The average Bonchev–Trinajstić information content (AvgIpc) is 3.25. The number of hydrogen-bond acceptors (Lipinski definition) is 5. The first-order valence-electron chi connectivity index (χ1n) is 10.4. The van der Waals surface area contributed by atoms with Gasteiger partial charge in [-0.3, -0.25) is 9.48 Å². The Balaban J connectivity index is 1.84. The van der Waals surface area contributed by atoms with Crippen molar-refractivity contribution >= 4 is 16.9 Å². The largest absolute Gasteiger partial charge is 0.494 e. The summed E-state index contributed by atoms with van der Waals surface area (Å²) in [5, 5.41) is 5.87. The van der Waals surface area contributed by atoms with Gasteiger partial charge in [-0.2, -0.15) is 5.10 Å². The molecule has 0 radical (unpaired) electrons. The van der Waals surface area contributed by atoms with E-state index in [1.54, 1.807) is 26.3 Å². The van der Waals surface area contributed by atoms with Crippen LogP contribution in [-0.2, 0) is 4.74 Å². The van der Waals surface area contributed by atoms with Crippen LogP contribution in [0.1, 0.15) is 56.1 Å². The second-order valence-electron chi connectivity index (χ2n) is 8.75. The molecule has 30 heavy (non-hydrogen) atoms. The van der Waals surface area contributed by atoms with Gasteiger partial charge in [0.1, 0.15) is 16.8 Å². The summed E-state index contributed by atoms with van der Waals surface area (Å²) in [7, 11) is 1.64. The maximum Gasteiger partial charge on any atom is 0.343 e. The van der Waals surface area contributed by atoms with E-state index in [0.29, 0.717) is 5.75 Å². The van der Waals surface area contributed by atoms with Gasteiger partial charge in [-0.05, 0) is 31.2 Å². The number of aromatic nitrogens is 3. The maximum absolute atomic E-state index is 12.9. The number of benzene rings is 1. The van der Waals surface area contributed by atoms with Crippen molar-refractivity contribution in [2.24, 2.45) is 5.41 Å². The van der Waals surface area contributed by atoms with Gasteiger partial charge >= 0.3 is 5.97 Å². The second-order valence-corrected chi connectivity index (χ2v) is 8.75. The Morgan fingerprint density at radius 3 is 2.87 bits per heavy atom. The lowest BCUT2D eigenvalue weighted by Gasteiger charge is -2.39. The normalized spacial score (nSPS) is 21.1. The number of pyridine rings is 1. The standard InChI is InChI=1S/C23H25N3O4/c1-5-30-22(28)14-12-25-16(11-17(14)27)20-13-7-6-8-18(29-4)19(13)24-26(20)15-9-10-23(2,3)21(15)25/h6-8,11-12,15,21H,5,9-10H2,1-4H3. The van der Waals surface area contributed by atoms with E-state index in [4.69, 9.17) is 14.6 Å². The fourth-order valence-electron chi connectivity index (χ4n) is 5.25. The first-order chi connectivity index (χ1) is 14.4. The first-order valence-corrected chi connectivity index (χ1v) is 10.4.